The van der Waals surface area contributed by atoms with Crippen LogP contribution in [0.25, 0.3) is 16.7 Å². The van der Waals surface area contributed by atoms with E-state index in [0.717, 1.165) is 37.7 Å². The molecule has 0 aromatic heterocycles. The third-order valence-corrected chi connectivity index (χ3v) is 11.0. The maximum Gasteiger partial charge on any atom is 0.0194 e. The van der Waals surface area contributed by atoms with E-state index >= 15 is 0 Å². The predicted molar refractivity (Wildman–Crippen MR) is 175 cm³/mol. The van der Waals surface area contributed by atoms with Crippen LogP contribution in [-0.2, 0) is 12.8 Å². The molecule has 0 spiro atoms. The summed E-state index contributed by atoms with van der Waals surface area (Å²) in [6, 6.07) is 13.5. The zero-order valence-electron chi connectivity index (χ0n) is 26.3. The monoisotopic (exact) mass is 528 g/mol. The first kappa shape index (κ1) is 28.4. The largest absolute Gasteiger partial charge is 0.100 e. The summed E-state index contributed by atoms with van der Waals surface area (Å²) in [5, 5.41) is 0. The van der Waals surface area contributed by atoms with Gasteiger partial charge in [-0.25, -0.2) is 0 Å². The Hall–Kier alpha value is -3.12. The Morgan fingerprint density at radius 3 is 2.17 bits per heavy atom. The van der Waals surface area contributed by atoms with Gasteiger partial charge in [-0.3, -0.25) is 0 Å². The van der Waals surface area contributed by atoms with E-state index in [2.05, 4.69) is 105 Å². The molecule has 0 aliphatic heterocycles. The molecule has 0 unspecified atom stereocenters. The Morgan fingerprint density at radius 1 is 0.925 bits per heavy atom. The van der Waals surface area contributed by atoms with Crippen LogP contribution in [0.15, 0.2) is 102 Å². The first-order valence-corrected chi connectivity index (χ1v) is 15.0. The molecule has 0 bridgehead atoms. The van der Waals surface area contributed by atoms with Crippen molar-refractivity contribution in [3.8, 4) is 11.1 Å². The molecule has 0 fully saturated rings. The minimum atomic E-state index is -0.135. The molecule has 0 heterocycles. The van der Waals surface area contributed by atoms with Crippen molar-refractivity contribution in [2.45, 2.75) is 87.5 Å². The normalized spacial score (nSPS) is 27.8. The SMILES string of the molecule is C=C(C)CCc1cc(-c2ccccc2)c2c(c1C)C(=C)C1=C(C)[C@@]3(C)C(=C)C(C(=C)C)=C(C)C[C@@]3(C)C[C@@]1(C)C2. The van der Waals surface area contributed by atoms with Crippen molar-refractivity contribution in [2.24, 2.45) is 16.2 Å². The van der Waals surface area contributed by atoms with Crippen molar-refractivity contribution >= 4 is 5.57 Å². The molecule has 0 heteroatoms. The lowest BCUT2D eigenvalue weighted by Crippen LogP contribution is -2.52. The molecule has 0 saturated carbocycles. The Balaban J connectivity index is 1.79. The number of hydrogen-bond donors (Lipinski definition) is 0. The number of hydrogen-bond acceptors (Lipinski definition) is 0. The zero-order chi connectivity index (χ0) is 29.4. The number of benzene rings is 2. The molecule has 0 amide bonds. The van der Waals surface area contributed by atoms with E-state index in [4.69, 9.17) is 13.2 Å². The fourth-order valence-corrected chi connectivity index (χ4v) is 9.14. The van der Waals surface area contributed by atoms with E-state index in [1.165, 1.54) is 72.4 Å². The molecule has 3 atom stereocenters. The van der Waals surface area contributed by atoms with Crippen molar-refractivity contribution in [3.05, 3.63) is 124 Å². The summed E-state index contributed by atoms with van der Waals surface area (Å²) in [5.41, 5.74) is 18.8. The summed E-state index contributed by atoms with van der Waals surface area (Å²) in [6.07, 6.45) is 5.25. The second-order valence-corrected chi connectivity index (χ2v) is 14.1. The number of rotatable bonds is 5. The van der Waals surface area contributed by atoms with Crippen molar-refractivity contribution < 1.29 is 0 Å². The van der Waals surface area contributed by atoms with Crippen molar-refractivity contribution in [2.75, 3.05) is 0 Å². The summed E-state index contributed by atoms with van der Waals surface area (Å²) in [4.78, 5) is 0. The Labute approximate surface area is 244 Å². The highest BCUT2D eigenvalue weighted by molar-refractivity contribution is 5.90. The lowest BCUT2D eigenvalue weighted by Gasteiger charge is -2.62. The van der Waals surface area contributed by atoms with Crippen LogP contribution in [0.3, 0.4) is 0 Å². The van der Waals surface area contributed by atoms with Gasteiger partial charge >= 0.3 is 0 Å². The maximum absolute atomic E-state index is 4.92. The lowest BCUT2D eigenvalue weighted by molar-refractivity contribution is 0.0544. The van der Waals surface area contributed by atoms with E-state index in [1.807, 2.05) is 0 Å². The Kier molecular flexibility index (Phi) is 6.73. The third-order valence-electron chi connectivity index (χ3n) is 11.0. The molecule has 208 valence electrons. The quantitative estimate of drug-likeness (QED) is 0.339. The molecular formula is C40H48. The molecular weight excluding hydrogens is 480 g/mol. The van der Waals surface area contributed by atoms with Crippen LogP contribution in [0.4, 0.5) is 0 Å². The van der Waals surface area contributed by atoms with Gasteiger partial charge in [0.1, 0.15) is 0 Å². The molecule has 2 aromatic rings. The van der Waals surface area contributed by atoms with Gasteiger partial charge in [0.15, 0.2) is 0 Å². The summed E-state index contributed by atoms with van der Waals surface area (Å²) in [5.74, 6) is 0. The van der Waals surface area contributed by atoms with Crippen molar-refractivity contribution in [3.63, 3.8) is 0 Å². The average molecular weight is 529 g/mol. The summed E-state index contributed by atoms with van der Waals surface area (Å²) in [7, 11) is 0. The highest BCUT2D eigenvalue weighted by Crippen LogP contribution is 2.70. The van der Waals surface area contributed by atoms with Gasteiger partial charge in [0.2, 0.25) is 0 Å². The van der Waals surface area contributed by atoms with Crippen LogP contribution in [0, 0.1) is 23.2 Å². The minimum Gasteiger partial charge on any atom is -0.100 e. The van der Waals surface area contributed by atoms with Crippen molar-refractivity contribution in [1.82, 2.24) is 0 Å². The van der Waals surface area contributed by atoms with E-state index < -0.39 is 0 Å². The lowest BCUT2D eigenvalue weighted by atomic mass is 9.41. The number of fused-ring (bicyclic) bond motifs is 3. The summed E-state index contributed by atoms with van der Waals surface area (Å²) < 4.78 is 0. The van der Waals surface area contributed by atoms with Crippen LogP contribution in [0.2, 0.25) is 0 Å². The molecule has 2 aromatic carbocycles. The van der Waals surface area contributed by atoms with Gasteiger partial charge in [-0.15, -0.1) is 6.58 Å². The van der Waals surface area contributed by atoms with Gasteiger partial charge in [0.25, 0.3) is 0 Å². The van der Waals surface area contributed by atoms with E-state index in [1.54, 1.807) is 0 Å². The Morgan fingerprint density at radius 2 is 1.57 bits per heavy atom. The molecule has 0 radical (unpaired) electrons. The van der Waals surface area contributed by atoms with Crippen LogP contribution in [0.5, 0.6) is 0 Å². The second-order valence-electron chi connectivity index (χ2n) is 14.1. The van der Waals surface area contributed by atoms with E-state index in [9.17, 15) is 0 Å². The maximum atomic E-state index is 4.92. The van der Waals surface area contributed by atoms with Gasteiger partial charge in [-0.05, 0) is 133 Å². The molecule has 5 rings (SSSR count). The van der Waals surface area contributed by atoms with Crippen LogP contribution < -0.4 is 0 Å². The molecule has 3 aliphatic carbocycles. The molecule has 40 heavy (non-hydrogen) atoms. The topological polar surface area (TPSA) is 0 Å². The average Bonchev–Trinajstić information content (AvgIpc) is 2.85. The van der Waals surface area contributed by atoms with Crippen LogP contribution in [0.1, 0.15) is 90.0 Å². The second kappa shape index (κ2) is 9.47. The van der Waals surface area contributed by atoms with Crippen LogP contribution >= 0.6 is 0 Å². The first-order chi connectivity index (χ1) is 18.7. The number of allylic oxidation sites excluding steroid dienone is 8. The van der Waals surface area contributed by atoms with Gasteiger partial charge in [0.05, 0.1) is 0 Å². The van der Waals surface area contributed by atoms with E-state index in [-0.39, 0.29) is 16.2 Å². The van der Waals surface area contributed by atoms with Gasteiger partial charge < -0.3 is 0 Å². The van der Waals surface area contributed by atoms with Gasteiger partial charge in [-0.2, -0.15) is 0 Å². The molecule has 3 aliphatic rings. The van der Waals surface area contributed by atoms with Crippen molar-refractivity contribution in [1.29, 1.82) is 0 Å². The van der Waals surface area contributed by atoms with Gasteiger partial charge in [-0.1, -0.05) is 99.2 Å². The molecule has 0 N–H and O–H groups in total. The highest BCUT2D eigenvalue weighted by Gasteiger charge is 2.59. The molecule has 0 saturated heterocycles. The summed E-state index contributed by atoms with van der Waals surface area (Å²) >= 11 is 0. The predicted octanol–water partition coefficient (Wildman–Crippen LogP) is 11.3. The zero-order valence-corrected chi connectivity index (χ0v) is 26.3. The number of aryl methyl sites for hydroxylation is 1. The third kappa shape index (κ3) is 3.93. The first-order valence-electron chi connectivity index (χ1n) is 15.0. The van der Waals surface area contributed by atoms with Crippen LogP contribution in [-0.4, -0.2) is 0 Å². The standard InChI is InChI=1S/C40H48/c1-24(2)18-19-32-20-33(31-16-14-13-15-17-31)34-22-38(10)23-39(11)21-26(5)35(25(3)4)29(8)40(39,12)30(9)37(38)28(7)36(34)27(32)6/h13-17,20H,1,3,7-8,18-19,21-23H2,2,4-6,9-12H3/t38-,39+,40-/m1/s1. The highest BCUT2D eigenvalue weighted by atomic mass is 14.6. The van der Waals surface area contributed by atoms with Gasteiger partial charge in [0, 0.05) is 5.41 Å². The smallest absolute Gasteiger partial charge is 0.0194 e. The fraction of sp³-hybridized carbons (Fsp3) is 0.400. The minimum absolute atomic E-state index is 0.0128. The Bertz CT molecular complexity index is 1550. The summed E-state index contributed by atoms with van der Waals surface area (Å²) in [6.45, 7) is 37.0. The van der Waals surface area contributed by atoms with E-state index in [0.29, 0.717) is 0 Å². The molecule has 0 nitrogen and oxygen atoms in total. The fourth-order valence-electron chi connectivity index (χ4n) is 9.14.